The largest absolute Gasteiger partial charge is 0.419 e. The van der Waals surface area contributed by atoms with Crippen LogP contribution in [0.15, 0.2) is 66.7 Å². The average Bonchev–Trinajstić information content (AvgIpc) is 3.77. The molecule has 2 fully saturated rings. The number of halogens is 4. The number of hydrogen-bond acceptors (Lipinski definition) is 3. The third-order valence-electron chi connectivity index (χ3n) is 7.97. The van der Waals surface area contributed by atoms with Crippen LogP contribution in [-0.2, 0) is 11.6 Å². The van der Waals surface area contributed by atoms with E-state index in [0.717, 1.165) is 61.2 Å². The van der Waals surface area contributed by atoms with Gasteiger partial charge in [-0.3, -0.25) is 0 Å². The lowest BCUT2D eigenvalue weighted by atomic mass is 9.72. The molecule has 0 radical (unpaired) electrons. The van der Waals surface area contributed by atoms with Crippen LogP contribution in [0.4, 0.5) is 28.0 Å². The van der Waals surface area contributed by atoms with E-state index in [4.69, 9.17) is 0 Å². The number of amides is 2. The summed E-state index contributed by atoms with van der Waals surface area (Å²) in [6.07, 6.45) is -0.677. The predicted molar refractivity (Wildman–Crippen MR) is 145 cm³/mol. The molecule has 1 saturated carbocycles. The number of nitrogens with zero attached hydrogens (tertiary/aromatic N) is 2. The number of carbonyl (C=O) groups excluding carboxylic acids is 1. The summed E-state index contributed by atoms with van der Waals surface area (Å²) in [5.41, 5.74) is 1.65. The number of nitrogens with one attached hydrogen (secondary N) is 2. The molecule has 1 aliphatic carbocycles. The number of nitriles is 1. The highest BCUT2D eigenvalue weighted by molar-refractivity contribution is 5.89. The van der Waals surface area contributed by atoms with Gasteiger partial charge in [-0.15, -0.1) is 0 Å². The first-order chi connectivity index (χ1) is 19.1. The standard InChI is InChI=1S/C31H30F4N4O/c32-28-11-10-26(17-27(28)31(33,34)35)38-29(40)37-20-30(12-14-39(15-13-30)19-21-4-5-21)25-8-6-23(7-9-25)24-3-1-2-22(16-24)18-36/h1-3,6-11,16-17,21H,4-5,12-15,19-20H2,(H2,37,38,40). The van der Waals surface area contributed by atoms with Gasteiger partial charge < -0.3 is 15.5 Å². The van der Waals surface area contributed by atoms with Crippen LogP contribution in [0.5, 0.6) is 0 Å². The molecule has 1 aliphatic heterocycles. The fourth-order valence-corrected chi connectivity index (χ4v) is 5.43. The van der Waals surface area contributed by atoms with Gasteiger partial charge in [0.05, 0.1) is 17.2 Å². The summed E-state index contributed by atoms with van der Waals surface area (Å²) >= 11 is 0. The van der Waals surface area contributed by atoms with Gasteiger partial charge >= 0.3 is 12.2 Å². The second kappa shape index (κ2) is 11.3. The molecule has 0 spiro atoms. The third kappa shape index (κ3) is 6.45. The Balaban J connectivity index is 1.32. The molecule has 40 heavy (non-hydrogen) atoms. The summed E-state index contributed by atoms with van der Waals surface area (Å²) in [6.45, 7) is 3.16. The molecule has 2 amide bonds. The smallest absolute Gasteiger partial charge is 0.337 e. The van der Waals surface area contributed by atoms with Crippen molar-refractivity contribution < 1.29 is 22.4 Å². The van der Waals surface area contributed by atoms with Gasteiger partial charge in [0, 0.05) is 24.2 Å². The lowest BCUT2D eigenvalue weighted by molar-refractivity contribution is -0.139. The normalized spacial score (nSPS) is 17.2. The number of anilines is 1. The van der Waals surface area contributed by atoms with Gasteiger partial charge in [-0.25, -0.2) is 9.18 Å². The summed E-state index contributed by atoms with van der Waals surface area (Å²) in [5.74, 6) is -0.615. The summed E-state index contributed by atoms with van der Waals surface area (Å²) in [4.78, 5) is 15.2. The zero-order valence-electron chi connectivity index (χ0n) is 21.9. The topological polar surface area (TPSA) is 68.2 Å². The molecule has 3 aromatic carbocycles. The van der Waals surface area contributed by atoms with Crippen LogP contribution in [0.1, 0.15) is 42.4 Å². The zero-order valence-corrected chi connectivity index (χ0v) is 21.9. The van der Waals surface area contributed by atoms with Crippen molar-refractivity contribution in [3.05, 3.63) is 89.2 Å². The van der Waals surface area contributed by atoms with Crippen molar-refractivity contribution in [3.8, 4) is 17.2 Å². The number of carbonyl (C=O) groups is 1. The number of likely N-dealkylation sites (tertiary alicyclic amines) is 1. The van der Waals surface area contributed by atoms with Crippen molar-refractivity contribution in [2.45, 2.75) is 37.3 Å². The molecule has 208 valence electrons. The molecule has 3 aromatic rings. The van der Waals surface area contributed by atoms with Gasteiger partial charge in [0.2, 0.25) is 0 Å². The van der Waals surface area contributed by atoms with Gasteiger partial charge in [0.15, 0.2) is 0 Å². The summed E-state index contributed by atoms with van der Waals surface area (Å²) in [6, 6.07) is 19.5. The van der Waals surface area contributed by atoms with Crippen LogP contribution in [0, 0.1) is 23.1 Å². The molecule has 2 N–H and O–H groups in total. The van der Waals surface area contributed by atoms with Gasteiger partial charge in [-0.2, -0.15) is 18.4 Å². The minimum absolute atomic E-state index is 0.136. The lowest BCUT2D eigenvalue weighted by Gasteiger charge is -2.42. The SMILES string of the molecule is N#Cc1cccc(-c2ccc(C3(CNC(=O)Nc4ccc(F)c(C(F)(F)F)c4)CCN(CC4CC4)CC3)cc2)c1. The molecular formula is C31H30F4N4O. The molecule has 5 rings (SSSR count). The molecule has 0 bridgehead atoms. The monoisotopic (exact) mass is 550 g/mol. The van der Waals surface area contributed by atoms with Crippen LogP contribution in [0.2, 0.25) is 0 Å². The molecule has 0 aromatic heterocycles. The maximum Gasteiger partial charge on any atom is 0.419 e. The Kier molecular flexibility index (Phi) is 7.81. The van der Waals surface area contributed by atoms with Crippen molar-refractivity contribution in [2.24, 2.45) is 5.92 Å². The number of benzene rings is 3. The molecule has 2 aliphatic rings. The van der Waals surface area contributed by atoms with E-state index in [9.17, 15) is 27.6 Å². The summed E-state index contributed by atoms with van der Waals surface area (Å²) < 4.78 is 52.9. The fourth-order valence-electron chi connectivity index (χ4n) is 5.43. The Morgan fingerprint density at radius 1 is 1.00 bits per heavy atom. The van der Waals surface area contributed by atoms with E-state index in [2.05, 4.69) is 33.7 Å². The van der Waals surface area contributed by atoms with Crippen LogP contribution in [0.3, 0.4) is 0 Å². The number of urea groups is 1. The minimum atomic E-state index is -4.86. The number of hydrogen-bond donors (Lipinski definition) is 2. The van der Waals surface area contributed by atoms with E-state index in [1.54, 1.807) is 6.07 Å². The number of alkyl halides is 3. The average molecular weight is 551 g/mol. The van der Waals surface area contributed by atoms with Gasteiger partial charge in [0.1, 0.15) is 5.82 Å². The fraction of sp³-hybridized carbons (Fsp3) is 0.355. The molecule has 1 heterocycles. The van der Waals surface area contributed by atoms with E-state index in [1.807, 2.05) is 30.3 Å². The first-order valence-corrected chi connectivity index (χ1v) is 13.4. The minimum Gasteiger partial charge on any atom is -0.337 e. The maximum atomic E-state index is 13.7. The van der Waals surface area contributed by atoms with Crippen LogP contribution >= 0.6 is 0 Å². The van der Waals surface area contributed by atoms with E-state index in [1.165, 1.54) is 12.8 Å². The van der Waals surface area contributed by atoms with Gasteiger partial charge in [0.25, 0.3) is 0 Å². The highest BCUT2D eigenvalue weighted by Gasteiger charge is 2.38. The van der Waals surface area contributed by atoms with Crippen molar-refractivity contribution >= 4 is 11.7 Å². The Hall–Kier alpha value is -3.90. The second-order valence-electron chi connectivity index (χ2n) is 10.8. The van der Waals surface area contributed by atoms with Crippen molar-refractivity contribution in [1.82, 2.24) is 10.2 Å². The molecule has 0 atom stereocenters. The molecule has 9 heteroatoms. The van der Waals surface area contributed by atoms with Crippen LogP contribution in [0.25, 0.3) is 11.1 Å². The van der Waals surface area contributed by atoms with E-state index in [-0.39, 0.29) is 11.1 Å². The van der Waals surface area contributed by atoms with Gasteiger partial charge in [-0.1, -0.05) is 36.4 Å². The molecule has 0 unspecified atom stereocenters. The predicted octanol–water partition coefficient (Wildman–Crippen LogP) is 6.95. The molecule has 1 saturated heterocycles. The van der Waals surface area contributed by atoms with Gasteiger partial charge in [-0.05, 0) is 91.7 Å². The number of piperidine rings is 1. The summed E-state index contributed by atoms with van der Waals surface area (Å²) in [7, 11) is 0. The Labute approximate surface area is 230 Å². The van der Waals surface area contributed by atoms with Crippen LogP contribution in [-0.4, -0.2) is 37.1 Å². The second-order valence-corrected chi connectivity index (χ2v) is 10.8. The van der Waals surface area contributed by atoms with Crippen molar-refractivity contribution in [3.63, 3.8) is 0 Å². The quantitative estimate of drug-likeness (QED) is 0.313. The van der Waals surface area contributed by atoms with E-state index in [0.29, 0.717) is 24.2 Å². The lowest BCUT2D eigenvalue weighted by Crippen LogP contribution is -2.50. The summed E-state index contributed by atoms with van der Waals surface area (Å²) in [5, 5.41) is 14.5. The van der Waals surface area contributed by atoms with Crippen molar-refractivity contribution in [1.29, 1.82) is 5.26 Å². The maximum absolute atomic E-state index is 13.7. The number of rotatable bonds is 7. The Morgan fingerprint density at radius 3 is 2.38 bits per heavy atom. The van der Waals surface area contributed by atoms with Crippen LogP contribution < -0.4 is 10.6 Å². The third-order valence-corrected chi connectivity index (χ3v) is 7.97. The highest BCUT2D eigenvalue weighted by atomic mass is 19.4. The van der Waals surface area contributed by atoms with E-state index >= 15 is 0 Å². The first-order valence-electron chi connectivity index (χ1n) is 13.4. The van der Waals surface area contributed by atoms with Crippen molar-refractivity contribution in [2.75, 3.05) is 31.5 Å². The first kappa shape index (κ1) is 27.7. The Bertz CT molecular complexity index is 1400. The molecular weight excluding hydrogens is 520 g/mol. The molecule has 5 nitrogen and oxygen atoms in total. The highest BCUT2D eigenvalue weighted by Crippen LogP contribution is 2.38. The van der Waals surface area contributed by atoms with E-state index < -0.39 is 23.6 Å². The zero-order chi connectivity index (χ0) is 28.3. The Morgan fingerprint density at radius 2 is 1.73 bits per heavy atom.